The number of nitrogens with one attached hydrogen (secondary N) is 1. The molecule has 0 unspecified atom stereocenters. The summed E-state index contributed by atoms with van der Waals surface area (Å²) in [6.07, 6.45) is -1.06. The smallest absolute Gasteiger partial charge is 0.408 e. The number of nitrogens with zero attached hydrogens (tertiary/aromatic N) is 1. The van der Waals surface area contributed by atoms with Crippen LogP contribution >= 0.6 is 0 Å². The van der Waals surface area contributed by atoms with Gasteiger partial charge in [-0.3, -0.25) is 4.79 Å². The lowest BCUT2D eigenvalue weighted by molar-refractivity contribution is -0.160. The van der Waals surface area contributed by atoms with Gasteiger partial charge >= 0.3 is 6.09 Å². The molecule has 0 saturated carbocycles. The number of benzene rings is 4. The Balaban J connectivity index is 1.63. The number of amides is 2. The predicted octanol–water partition coefficient (Wildman–Crippen LogP) is 7.28. The number of carbonyl (C=O) groups is 2. The number of ether oxygens (including phenoxy) is 4. The van der Waals surface area contributed by atoms with Gasteiger partial charge in [0.15, 0.2) is 6.29 Å². The van der Waals surface area contributed by atoms with Crippen LogP contribution < -0.4 is 10.1 Å². The van der Waals surface area contributed by atoms with Crippen LogP contribution in [0.15, 0.2) is 97.1 Å². The fraction of sp³-hybridized carbons (Fsp3) is 0.368. The Hall–Kier alpha value is -4.40. The summed E-state index contributed by atoms with van der Waals surface area (Å²) in [7, 11) is 0. The normalized spacial score (nSPS) is 12.1. The highest BCUT2D eigenvalue weighted by Gasteiger charge is 2.30. The van der Waals surface area contributed by atoms with Crippen LogP contribution in [0.3, 0.4) is 0 Å². The zero-order valence-electron chi connectivity index (χ0n) is 27.5. The second-order valence-electron chi connectivity index (χ2n) is 12.0. The predicted molar refractivity (Wildman–Crippen MR) is 180 cm³/mol. The van der Waals surface area contributed by atoms with E-state index in [1.807, 2.05) is 132 Å². The van der Waals surface area contributed by atoms with Crippen LogP contribution in [0.2, 0.25) is 0 Å². The first-order valence-corrected chi connectivity index (χ1v) is 15.9. The van der Waals surface area contributed by atoms with Crippen molar-refractivity contribution in [3.63, 3.8) is 0 Å². The molecule has 0 spiro atoms. The van der Waals surface area contributed by atoms with Gasteiger partial charge in [-0.1, -0.05) is 84.9 Å². The number of fused-ring (bicyclic) bond motifs is 1. The van der Waals surface area contributed by atoms with Gasteiger partial charge in [0.2, 0.25) is 5.91 Å². The molecule has 8 nitrogen and oxygen atoms in total. The van der Waals surface area contributed by atoms with Crippen molar-refractivity contribution in [2.45, 2.75) is 72.1 Å². The van der Waals surface area contributed by atoms with E-state index in [1.54, 1.807) is 4.90 Å². The molecule has 0 aliphatic heterocycles. The Bertz CT molecular complexity index is 1520. The summed E-state index contributed by atoms with van der Waals surface area (Å²) < 4.78 is 23.3. The molecule has 0 aliphatic carbocycles. The Morgan fingerprint density at radius 3 is 2.11 bits per heavy atom. The van der Waals surface area contributed by atoms with Gasteiger partial charge in [0.05, 0.1) is 6.54 Å². The van der Waals surface area contributed by atoms with Gasteiger partial charge in [-0.25, -0.2) is 4.79 Å². The molecule has 2 amide bonds. The van der Waals surface area contributed by atoms with E-state index in [4.69, 9.17) is 18.9 Å². The molecule has 0 bridgehead atoms. The van der Waals surface area contributed by atoms with Crippen LogP contribution in [0.5, 0.6) is 5.75 Å². The quantitative estimate of drug-likeness (QED) is 0.140. The summed E-state index contributed by atoms with van der Waals surface area (Å²) in [4.78, 5) is 29.4. The first kappa shape index (κ1) is 34.5. The van der Waals surface area contributed by atoms with Crippen LogP contribution in [0, 0.1) is 0 Å². The minimum absolute atomic E-state index is 0.0862. The molecule has 0 aliphatic rings. The van der Waals surface area contributed by atoms with Crippen molar-refractivity contribution in [3.8, 4) is 5.75 Å². The molecule has 4 rings (SSSR count). The van der Waals surface area contributed by atoms with Crippen molar-refractivity contribution in [2.75, 3.05) is 19.8 Å². The maximum Gasteiger partial charge on any atom is 0.408 e. The minimum atomic E-state index is -0.920. The molecule has 0 fully saturated rings. The average Bonchev–Trinajstić information content (AvgIpc) is 3.04. The molecule has 4 aromatic carbocycles. The van der Waals surface area contributed by atoms with Gasteiger partial charge in [-0.15, -0.1) is 0 Å². The molecule has 0 heterocycles. The molecular formula is C38H46N2O6. The van der Waals surface area contributed by atoms with Crippen molar-refractivity contribution in [3.05, 3.63) is 114 Å². The van der Waals surface area contributed by atoms with Crippen molar-refractivity contribution >= 4 is 22.8 Å². The molecule has 0 radical (unpaired) electrons. The molecule has 0 aromatic heterocycles. The van der Waals surface area contributed by atoms with Gasteiger partial charge in [0, 0.05) is 26.2 Å². The zero-order chi connectivity index (χ0) is 32.9. The van der Waals surface area contributed by atoms with E-state index in [-0.39, 0.29) is 31.1 Å². The number of hydrogen-bond acceptors (Lipinski definition) is 6. The lowest BCUT2D eigenvalue weighted by Crippen LogP contribution is -2.51. The van der Waals surface area contributed by atoms with Crippen molar-refractivity contribution < 1.29 is 28.5 Å². The Kier molecular flexibility index (Phi) is 12.6. The van der Waals surface area contributed by atoms with E-state index in [2.05, 4.69) is 5.32 Å². The SMILES string of the molecule is CCOC(CN(Cc1cccc2ccccc12)C(=O)[C@H](Cc1ccc(OC(C)(C)C)cc1)NC(=O)OCc1ccccc1)OCC. The van der Waals surface area contributed by atoms with Gasteiger partial charge in [-0.2, -0.15) is 0 Å². The molecule has 1 atom stereocenters. The fourth-order valence-electron chi connectivity index (χ4n) is 5.18. The molecule has 4 aromatic rings. The highest BCUT2D eigenvalue weighted by Crippen LogP contribution is 2.23. The van der Waals surface area contributed by atoms with Crippen LogP contribution in [-0.2, 0) is 38.6 Å². The summed E-state index contributed by atoms with van der Waals surface area (Å²) in [5, 5.41) is 4.99. The van der Waals surface area contributed by atoms with Gasteiger partial charge in [0.1, 0.15) is 24.0 Å². The van der Waals surface area contributed by atoms with Crippen molar-refractivity contribution in [1.29, 1.82) is 0 Å². The third-order valence-electron chi connectivity index (χ3n) is 7.22. The summed E-state index contributed by atoms with van der Waals surface area (Å²) in [6.45, 7) is 11.2. The molecule has 244 valence electrons. The fourth-order valence-corrected chi connectivity index (χ4v) is 5.18. The second kappa shape index (κ2) is 16.8. The van der Waals surface area contributed by atoms with Gasteiger partial charge < -0.3 is 29.2 Å². The Labute approximate surface area is 272 Å². The summed E-state index contributed by atoms with van der Waals surface area (Å²) in [6, 6.07) is 30.2. The number of alkyl carbamates (subject to hydrolysis) is 1. The van der Waals surface area contributed by atoms with Crippen molar-refractivity contribution in [2.24, 2.45) is 0 Å². The first-order chi connectivity index (χ1) is 22.1. The lowest BCUT2D eigenvalue weighted by atomic mass is 10.0. The monoisotopic (exact) mass is 626 g/mol. The second-order valence-corrected chi connectivity index (χ2v) is 12.0. The number of rotatable bonds is 15. The Morgan fingerprint density at radius 2 is 1.43 bits per heavy atom. The maximum absolute atomic E-state index is 14.5. The standard InChI is InChI=1S/C38H46N2O6/c1-6-43-35(44-7-2)26-40(25-31-18-13-17-30-16-11-12-19-33(30)31)36(41)34(39-37(42)45-27-29-14-9-8-10-15-29)24-28-20-22-32(23-21-28)46-38(3,4)5/h8-23,34-35H,6-7,24-27H2,1-5H3,(H,39,42)/t34-/m0/s1. The minimum Gasteiger partial charge on any atom is -0.488 e. The molecule has 8 heteroatoms. The number of hydrogen-bond donors (Lipinski definition) is 1. The van der Waals surface area contributed by atoms with E-state index in [0.717, 1.165) is 33.2 Å². The Morgan fingerprint density at radius 1 is 0.783 bits per heavy atom. The zero-order valence-corrected chi connectivity index (χ0v) is 27.5. The van der Waals surface area contributed by atoms with Gasteiger partial charge in [-0.05, 0) is 74.2 Å². The van der Waals surface area contributed by atoms with Gasteiger partial charge in [0.25, 0.3) is 0 Å². The topological polar surface area (TPSA) is 86.3 Å². The van der Waals surface area contributed by atoms with Crippen LogP contribution in [0.25, 0.3) is 10.8 Å². The van der Waals surface area contributed by atoms with Crippen LogP contribution in [0.1, 0.15) is 51.3 Å². The number of carbonyl (C=O) groups excluding carboxylic acids is 2. The van der Waals surface area contributed by atoms with E-state index in [0.29, 0.717) is 19.8 Å². The highest BCUT2D eigenvalue weighted by atomic mass is 16.7. The molecule has 46 heavy (non-hydrogen) atoms. The largest absolute Gasteiger partial charge is 0.488 e. The van der Waals surface area contributed by atoms with Crippen LogP contribution in [0.4, 0.5) is 4.79 Å². The third-order valence-corrected chi connectivity index (χ3v) is 7.22. The molecule has 0 saturated heterocycles. The summed E-state index contributed by atoms with van der Waals surface area (Å²) in [5.41, 5.74) is 2.35. The van der Waals surface area contributed by atoms with Crippen molar-refractivity contribution in [1.82, 2.24) is 10.2 Å². The van der Waals surface area contributed by atoms with E-state index >= 15 is 0 Å². The third kappa shape index (κ3) is 10.6. The molecular weight excluding hydrogens is 580 g/mol. The maximum atomic E-state index is 14.5. The summed E-state index contributed by atoms with van der Waals surface area (Å²) >= 11 is 0. The van der Waals surface area contributed by atoms with Crippen LogP contribution in [-0.4, -0.2) is 54.6 Å². The van der Waals surface area contributed by atoms with E-state index in [1.165, 1.54) is 0 Å². The average molecular weight is 627 g/mol. The summed E-state index contributed by atoms with van der Waals surface area (Å²) in [5.74, 6) is 0.451. The molecule has 1 N–H and O–H groups in total. The first-order valence-electron chi connectivity index (χ1n) is 15.9. The van der Waals surface area contributed by atoms with E-state index in [9.17, 15) is 9.59 Å². The highest BCUT2D eigenvalue weighted by molar-refractivity contribution is 5.88. The van der Waals surface area contributed by atoms with E-state index < -0.39 is 18.4 Å². The lowest BCUT2D eigenvalue weighted by Gasteiger charge is -2.31.